The van der Waals surface area contributed by atoms with Crippen LogP contribution >= 0.6 is 0 Å². The Kier molecular flexibility index (Phi) is 2.98. The highest BCUT2D eigenvalue weighted by molar-refractivity contribution is 6.75. The van der Waals surface area contributed by atoms with Crippen molar-refractivity contribution in [2.24, 2.45) is 4.66 Å². The van der Waals surface area contributed by atoms with E-state index in [1.165, 1.54) is 0 Å². The molecule has 0 aliphatic heterocycles. The highest BCUT2D eigenvalue weighted by atomic mass is 28.3. The second-order valence-corrected chi connectivity index (χ2v) is 8.65. The average molecular weight is 192 g/mol. The lowest BCUT2D eigenvalue weighted by molar-refractivity contribution is 1.28. The van der Waals surface area contributed by atoms with Gasteiger partial charge in [-0.15, -0.1) is 0 Å². The Bertz CT molecular complexity index is 298. The number of hydrogen-bond donors (Lipinski definition) is 0. The van der Waals surface area contributed by atoms with Gasteiger partial charge in [0.2, 0.25) is 0 Å². The van der Waals surface area contributed by atoms with Crippen LogP contribution in [0.3, 0.4) is 0 Å². The summed E-state index contributed by atoms with van der Waals surface area (Å²) in [5.41, 5.74) is 2.05. The van der Waals surface area contributed by atoms with Gasteiger partial charge >= 0.3 is 0 Å². The minimum atomic E-state index is -1.36. The van der Waals surface area contributed by atoms with Crippen molar-refractivity contribution in [3.63, 3.8) is 0 Å². The molecule has 1 rings (SSSR count). The van der Waals surface area contributed by atoms with E-state index in [4.69, 9.17) is 0 Å². The van der Waals surface area contributed by atoms with Crippen molar-refractivity contribution in [3.8, 4) is 0 Å². The minimum absolute atomic E-state index is 0.991. The van der Waals surface area contributed by atoms with Gasteiger partial charge in [0.15, 0.2) is 8.24 Å². The Labute approximate surface area is 80.8 Å². The van der Waals surface area contributed by atoms with Crippen LogP contribution in [0.4, 0.5) is 0 Å². The smallest absolute Gasteiger partial charge is 0.172 e. The van der Waals surface area contributed by atoms with Crippen LogP contribution in [0.25, 0.3) is 0 Å². The first-order valence-electron chi connectivity index (χ1n) is 4.47. The molecule has 0 aliphatic carbocycles. The first-order chi connectivity index (χ1) is 5.99. The molecule has 0 bridgehead atoms. The van der Waals surface area contributed by atoms with E-state index in [9.17, 15) is 0 Å². The molecule has 0 spiro atoms. The summed E-state index contributed by atoms with van der Waals surface area (Å²) in [5, 5.41) is 0. The molecule has 1 aromatic heterocycles. The molecule has 1 heterocycles. The Morgan fingerprint density at radius 1 is 1.31 bits per heavy atom. The summed E-state index contributed by atoms with van der Waals surface area (Å²) in [4.78, 5) is 4.25. The van der Waals surface area contributed by atoms with Gasteiger partial charge in [-0.3, -0.25) is 4.98 Å². The molecule has 70 valence electrons. The van der Waals surface area contributed by atoms with E-state index >= 15 is 0 Å². The summed E-state index contributed by atoms with van der Waals surface area (Å²) in [6.07, 6.45) is 1.80. The molecule has 0 saturated heterocycles. The molecule has 0 N–H and O–H groups in total. The summed E-state index contributed by atoms with van der Waals surface area (Å²) < 4.78 is 4.67. The fraction of sp³-hybridized carbons (Fsp3) is 0.400. The van der Waals surface area contributed by atoms with Gasteiger partial charge in [-0.1, -0.05) is 6.07 Å². The van der Waals surface area contributed by atoms with Crippen molar-refractivity contribution in [1.29, 1.82) is 0 Å². The lowest BCUT2D eigenvalue weighted by Gasteiger charge is -2.10. The second-order valence-electron chi connectivity index (χ2n) is 4.08. The SMILES string of the molecule is C/C(=N\[Si](C)(C)C)c1ccccn1. The van der Waals surface area contributed by atoms with E-state index in [1.54, 1.807) is 6.20 Å². The summed E-state index contributed by atoms with van der Waals surface area (Å²) in [6.45, 7) is 8.69. The molecule has 0 aliphatic rings. The zero-order chi connectivity index (χ0) is 9.90. The molecule has 0 unspecified atom stereocenters. The lowest BCUT2D eigenvalue weighted by atomic mass is 10.3. The number of nitrogens with zero attached hydrogens (tertiary/aromatic N) is 2. The minimum Gasteiger partial charge on any atom is -0.324 e. The van der Waals surface area contributed by atoms with E-state index < -0.39 is 8.24 Å². The number of rotatable bonds is 2. The first-order valence-corrected chi connectivity index (χ1v) is 7.91. The molecule has 0 amide bonds. The molecule has 0 radical (unpaired) electrons. The van der Waals surface area contributed by atoms with Crippen molar-refractivity contribution < 1.29 is 0 Å². The van der Waals surface area contributed by atoms with Crippen LogP contribution in [-0.2, 0) is 0 Å². The topological polar surface area (TPSA) is 25.2 Å². The summed E-state index contributed by atoms with van der Waals surface area (Å²) in [7, 11) is -1.36. The maximum absolute atomic E-state index is 4.67. The Morgan fingerprint density at radius 3 is 2.46 bits per heavy atom. The highest BCUT2D eigenvalue weighted by Crippen LogP contribution is 2.05. The molecular weight excluding hydrogens is 176 g/mol. The summed E-state index contributed by atoms with van der Waals surface area (Å²) in [6, 6.07) is 5.91. The molecule has 3 heteroatoms. The van der Waals surface area contributed by atoms with Crippen LogP contribution in [0.2, 0.25) is 19.6 Å². The van der Waals surface area contributed by atoms with Crippen LogP contribution in [-0.4, -0.2) is 18.9 Å². The van der Waals surface area contributed by atoms with E-state index in [-0.39, 0.29) is 0 Å². The van der Waals surface area contributed by atoms with E-state index in [0.717, 1.165) is 11.4 Å². The number of pyridine rings is 1. The standard InChI is InChI=1S/C10H16N2Si/c1-9(12-13(2,3)4)10-7-5-6-8-11-10/h5-8H,1-4H3/b12-9+. The fourth-order valence-electron chi connectivity index (χ4n) is 1.14. The van der Waals surface area contributed by atoms with Gasteiger partial charge in [0.05, 0.1) is 5.69 Å². The average Bonchev–Trinajstić information content (AvgIpc) is 2.03. The van der Waals surface area contributed by atoms with Crippen LogP contribution in [0.15, 0.2) is 29.1 Å². The third-order valence-corrected chi connectivity index (χ3v) is 2.54. The van der Waals surface area contributed by atoms with E-state index in [1.807, 2.05) is 25.1 Å². The van der Waals surface area contributed by atoms with Gasteiger partial charge < -0.3 is 4.66 Å². The molecule has 2 nitrogen and oxygen atoms in total. The third-order valence-electron chi connectivity index (χ3n) is 1.54. The molecular formula is C10H16N2Si. The molecule has 0 aromatic carbocycles. The number of aromatic nitrogens is 1. The normalized spacial score (nSPS) is 13.1. The van der Waals surface area contributed by atoms with Crippen molar-refractivity contribution in [3.05, 3.63) is 30.1 Å². The monoisotopic (exact) mass is 192 g/mol. The van der Waals surface area contributed by atoms with Gasteiger partial charge in [0, 0.05) is 11.9 Å². The van der Waals surface area contributed by atoms with Gasteiger partial charge in [-0.05, 0) is 38.7 Å². The molecule has 0 atom stereocenters. The Morgan fingerprint density at radius 2 is 2.00 bits per heavy atom. The van der Waals surface area contributed by atoms with E-state index in [2.05, 4.69) is 29.3 Å². The third kappa shape index (κ3) is 3.50. The Hall–Kier alpha value is -0.963. The second kappa shape index (κ2) is 3.83. The molecule has 0 fully saturated rings. The molecule has 13 heavy (non-hydrogen) atoms. The summed E-state index contributed by atoms with van der Waals surface area (Å²) >= 11 is 0. The van der Waals surface area contributed by atoms with Crippen LogP contribution in [0, 0.1) is 0 Å². The number of hydrogen-bond acceptors (Lipinski definition) is 2. The largest absolute Gasteiger partial charge is 0.324 e. The van der Waals surface area contributed by atoms with Crippen molar-refractivity contribution in [2.45, 2.75) is 26.6 Å². The maximum atomic E-state index is 4.67. The van der Waals surface area contributed by atoms with Crippen LogP contribution < -0.4 is 0 Å². The van der Waals surface area contributed by atoms with Gasteiger partial charge in [-0.25, -0.2) is 0 Å². The molecule has 0 saturated carbocycles. The van der Waals surface area contributed by atoms with Crippen molar-refractivity contribution in [1.82, 2.24) is 4.98 Å². The quantitative estimate of drug-likeness (QED) is 0.522. The maximum Gasteiger partial charge on any atom is 0.172 e. The lowest BCUT2D eigenvalue weighted by Crippen LogP contribution is -2.19. The van der Waals surface area contributed by atoms with Crippen molar-refractivity contribution in [2.75, 3.05) is 0 Å². The zero-order valence-corrected chi connectivity index (χ0v) is 9.70. The first kappa shape index (κ1) is 10.1. The van der Waals surface area contributed by atoms with Gasteiger partial charge in [-0.2, -0.15) is 0 Å². The molecule has 1 aromatic rings. The predicted molar refractivity (Wildman–Crippen MR) is 59.8 cm³/mol. The van der Waals surface area contributed by atoms with Gasteiger partial charge in [0.25, 0.3) is 0 Å². The predicted octanol–water partition coefficient (Wildman–Crippen LogP) is 2.73. The van der Waals surface area contributed by atoms with Crippen LogP contribution in [0.1, 0.15) is 12.6 Å². The van der Waals surface area contributed by atoms with Crippen LogP contribution in [0.5, 0.6) is 0 Å². The van der Waals surface area contributed by atoms with Crippen molar-refractivity contribution >= 4 is 13.9 Å². The summed E-state index contributed by atoms with van der Waals surface area (Å²) in [5.74, 6) is 0. The fourth-order valence-corrected chi connectivity index (χ4v) is 2.26. The highest BCUT2D eigenvalue weighted by Gasteiger charge is 2.12. The van der Waals surface area contributed by atoms with E-state index in [0.29, 0.717) is 0 Å². The van der Waals surface area contributed by atoms with Gasteiger partial charge in [0.1, 0.15) is 0 Å². The Balaban J connectivity index is 2.92. The zero-order valence-electron chi connectivity index (χ0n) is 8.70.